The van der Waals surface area contributed by atoms with Crippen molar-refractivity contribution in [3.63, 3.8) is 0 Å². The minimum atomic E-state index is -1.74. The Bertz CT molecular complexity index is 771. The summed E-state index contributed by atoms with van der Waals surface area (Å²) in [5.74, 6) is 0.727. The van der Waals surface area contributed by atoms with Crippen molar-refractivity contribution >= 4 is 23.4 Å². The fourth-order valence-corrected chi connectivity index (χ4v) is 4.16. The highest BCUT2D eigenvalue weighted by atomic mass is 35.5. The molecule has 2 aromatic rings. The molecule has 158 valence electrons. The van der Waals surface area contributed by atoms with Crippen molar-refractivity contribution in [1.82, 2.24) is 0 Å². The summed E-state index contributed by atoms with van der Waals surface area (Å²) in [6, 6.07) is 17.5. The molecule has 0 saturated carbocycles. The van der Waals surface area contributed by atoms with Gasteiger partial charge in [-0.2, -0.15) is 0 Å². The van der Waals surface area contributed by atoms with Gasteiger partial charge in [-0.05, 0) is 37.1 Å². The summed E-state index contributed by atoms with van der Waals surface area (Å²) in [5.41, 5.74) is -0.674. The number of nitro groups is 1. The number of ether oxygens (including phenoxy) is 1. The highest BCUT2D eigenvalue weighted by Crippen LogP contribution is 2.34. The van der Waals surface area contributed by atoms with Gasteiger partial charge in [-0.25, -0.2) is 0 Å². The Hall–Kier alpha value is -1.80. The second-order valence-electron chi connectivity index (χ2n) is 6.92. The van der Waals surface area contributed by atoms with Crippen LogP contribution in [0, 0.1) is 10.1 Å². The summed E-state index contributed by atoms with van der Waals surface area (Å²) in [6.07, 6.45) is 0.415. The summed E-state index contributed by atoms with van der Waals surface area (Å²) in [5, 5.41) is 29.7. The van der Waals surface area contributed by atoms with Crippen molar-refractivity contribution < 1.29 is 19.9 Å². The van der Waals surface area contributed by atoms with Crippen LogP contribution in [0.15, 0.2) is 59.5 Å². The topological polar surface area (TPSA) is 92.8 Å². The van der Waals surface area contributed by atoms with Crippen LogP contribution in [0.3, 0.4) is 0 Å². The second-order valence-corrected chi connectivity index (χ2v) is 8.92. The molecule has 0 fully saturated rings. The van der Waals surface area contributed by atoms with Gasteiger partial charge in [-0.3, -0.25) is 10.1 Å². The van der Waals surface area contributed by atoms with Crippen LogP contribution in [-0.2, 0) is 6.61 Å². The third-order valence-corrected chi connectivity index (χ3v) is 6.65. The molecule has 0 aliphatic rings. The van der Waals surface area contributed by atoms with Crippen LogP contribution in [-0.4, -0.2) is 44.5 Å². The van der Waals surface area contributed by atoms with E-state index in [-0.39, 0.29) is 17.0 Å². The molecule has 6 nitrogen and oxygen atoms in total. The van der Waals surface area contributed by atoms with E-state index in [1.54, 1.807) is 0 Å². The van der Waals surface area contributed by atoms with Crippen LogP contribution < -0.4 is 4.74 Å². The highest BCUT2D eigenvalue weighted by molar-refractivity contribution is 8.00. The molecular formula is C21H26ClNO5S. The number of alkyl halides is 1. The molecule has 0 spiro atoms. The number of nitrogens with zero attached hydrogens (tertiary/aromatic N) is 1. The van der Waals surface area contributed by atoms with Gasteiger partial charge >= 0.3 is 0 Å². The summed E-state index contributed by atoms with van der Waals surface area (Å²) >= 11 is 7.83. The van der Waals surface area contributed by atoms with Crippen LogP contribution in [0.1, 0.15) is 25.3 Å². The molecule has 8 heteroatoms. The third kappa shape index (κ3) is 6.89. The number of hydrogen-bond acceptors (Lipinski definition) is 6. The number of halogens is 1. The van der Waals surface area contributed by atoms with Crippen LogP contribution in [0.5, 0.6) is 5.75 Å². The Kier molecular flexibility index (Phi) is 9.23. The number of hydrogen-bond donors (Lipinski definition) is 2. The quantitative estimate of drug-likeness (QED) is 0.223. The van der Waals surface area contributed by atoms with E-state index in [0.717, 1.165) is 16.2 Å². The molecule has 0 aliphatic carbocycles. The minimum absolute atomic E-state index is 0.0337. The number of aliphatic hydroxyl groups is 2. The molecule has 2 atom stereocenters. The average molecular weight is 440 g/mol. The minimum Gasteiger partial charge on any atom is -0.489 e. The predicted molar refractivity (Wildman–Crippen MR) is 115 cm³/mol. The van der Waals surface area contributed by atoms with Gasteiger partial charge in [0, 0.05) is 26.9 Å². The van der Waals surface area contributed by atoms with Gasteiger partial charge in [-0.15, -0.1) is 23.4 Å². The Balaban J connectivity index is 2.02. The maximum absolute atomic E-state index is 11.3. The second kappa shape index (κ2) is 11.4. The zero-order valence-electron chi connectivity index (χ0n) is 16.2. The van der Waals surface area contributed by atoms with E-state index in [4.69, 9.17) is 16.3 Å². The van der Waals surface area contributed by atoms with Crippen LogP contribution in [0.2, 0.25) is 0 Å². The Morgan fingerprint density at radius 2 is 1.86 bits per heavy atom. The van der Waals surface area contributed by atoms with Crippen molar-refractivity contribution in [3.05, 3.63) is 70.3 Å². The first-order chi connectivity index (χ1) is 13.9. The zero-order chi connectivity index (χ0) is 21.3. The first-order valence-electron chi connectivity index (χ1n) is 9.34. The maximum atomic E-state index is 11.3. The Morgan fingerprint density at radius 3 is 2.45 bits per heavy atom. The van der Waals surface area contributed by atoms with E-state index < -0.39 is 23.7 Å². The third-order valence-electron chi connectivity index (χ3n) is 4.72. The molecule has 0 amide bonds. The van der Waals surface area contributed by atoms with Crippen LogP contribution in [0.4, 0.5) is 0 Å². The Morgan fingerprint density at radius 1 is 1.17 bits per heavy atom. The Labute approximate surface area is 180 Å². The standard InChI is InChI=1S/C21H26ClNO5S/c1-16(22)20(10-11-21(14-24,15-25)23(26)27)29-19-9-5-8-18(12-19)28-13-17-6-3-2-4-7-17/h2-9,12,16,20,24-25H,10-11,13-15H2,1H3. The van der Waals surface area contributed by atoms with Gasteiger partial charge in [0.25, 0.3) is 5.54 Å². The number of rotatable bonds is 12. The molecule has 2 unspecified atom stereocenters. The van der Waals surface area contributed by atoms with Gasteiger partial charge in [0.1, 0.15) is 25.6 Å². The van der Waals surface area contributed by atoms with Crippen molar-refractivity contribution in [3.8, 4) is 5.75 Å². The summed E-state index contributed by atoms with van der Waals surface area (Å²) in [4.78, 5) is 11.6. The lowest BCUT2D eigenvalue weighted by atomic mass is 9.94. The smallest absolute Gasteiger partial charge is 0.267 e. The van der Waals surface area contributed by atoms with Crippen LogP contribution >= 0.6 is 23.4 Å². The van der Waals surface area contributed by atoms with E-state index in [2.05, 4.69) is 0 Å². The fourth-order valence-electron chi connectivity index (χ4n) is 2.76. The van der Waals surface area contributed by atoms with Gasteiger partial charge in [0.2, 0.25) is 0 Å². The fraction of sp³-hybridized carbons (Fsp3) is 0.429. The summed E-state index contributed by atoms with van der Waals surface area (Å²) < 4.78 is 5.85. The van der Waals surface area contributed by atoms with E-state index >= 15 is 0 Å². The SMILES string of the molecule is CC(Cl)C(CCC(CO)(CO)[N+](=O)[O-])Sc1cccc(OCc2ccccc2)c1. The first-order valence-corrected chi connectivity index (χ1v) is 10.7. The van der Waals surface area contributed by atoms with Crippen LogP contribution in [0.25, 0.3) is 0 Å². The van der Waals surface area contributed by atoms with Crippen molar-refractivity contribution in [2.24, 2.45) is 0 Å². The normalized spacial score (nSPS) is 13.7. The largest absolute Gasteiger partial charge is 0.489 e. The maximum Gasteiger partial charge on any atom is 0.267 e. The molecule has 29 heavy (non-hydrogen) atoms. The van der Waals surface area contributed by atoms with Gasteiger partial charge in [-0.1, -0.05) is 36.4 Å². The highest BCUT2D eigenvalue weighted by Gasteiger charge is 2.42. The summed E-state index contributed by atoms with van der Waals surface area (Å²) in [7, 11) is 0. The average Bonchev–Trinajstić information content (AvgIpc) is 2.73. The zero-order valence-corrected chi connectivity index (χ0v) is 17.8. The molecule has 2 aromatic carbocycles. The predicted octanol–water partition coefficient (Wildman–Crippen LogP) is 4.13. The molecule has 0 radical (unpaired) electrons. The lowest BCUT2D eigenvalue weighted by Gasteiger charge is -2.25. The monoisotopic (exact) mass is 439 g/mol. The first kappa shape index (κ1) is 23.5. The van der Waals surface area contributed by atoms with Gasteiger partial charge < -0.3 is 14.9 Å². The molecule has 0 aliphatic heterocycles. The lowest BCUT2D eigenvalue weighted by molar-refractivity contribution is -0.578. The van der Waals surface area contributed by atoms with Crippen molar-refractivity contribution in [2.45, 2.75) is 47.4 Å². The van der Waals surface area contributed by atoms with Crippen molar-refractivity contribution in [1.29, 1.82) is 0 Å². The van der Waals surface area contributed by atoms with E-state index in [9.17, 15) is 20.3 Å². The molecule has 0 saturated heterocycles. The molecular weight excluding hydrogens is 414 g/mol. The number of benzene rings is 2. The molecule has 0 aromatic heterocycles. The van der Waals surface area contributed by atoms with E-state index in [0.29, 0.717) is 13.0 Å². The van der Waals surface area contributed by atoms with E-state index in [1.165, 1.54) is 11.8 Å². The van der Waals surface area contributed by atoms with Gasteiger partial charge in [0.05, 0.1) is 0 Å². The summed E-state index contributed by atoms with van der Waals surface area (Å²) in [6.45, 7) is 0.865. The van der Waals surface area contributed by atoms with E-state index in [1.807, 2.05) is 61.5 Å². The number of aliphatic hydroxyl groups excluding tert-OH is 2. The molecule has 0 heterocycles. The molecule has 0 bridgehead atoms. The van der Waals surface area contributed by atoms with Gasteiger partial charge in [0.15, 0.2) is 0 Å². The lowest BCUT2D eigenvalue weighted by Crippen LogP contribution is -2.46. The molecule has 2 N–H and O–H groups in total. The van der Waals surface area contributed by atoms with Crippen molar-refractivity contribution in [2.75, 3.05) is 13.2 Å². The molecule has 2 rings (SSSR count). The number of thioether (sulfide) groups is 1.